The number of nitrogens with two attached hydrogens (primary N) is 1. The highest BCUT2D eigenvalue weighted by Crippen LogP contribution is 2.28. The molecule has 4 rings (SSSR count). The van der Waals surface area contributed by atoms with E-state index in [2.05, 4.69) is 20.3 Å². The van der Waals surface area contributed by atoms with Gasteiger partial charge in [-0.3, -0.25) is 9.59 Å². The fraction of sp³-hybridized carbons (Fsp3) is 0.367. The number of aryl methyl sites for hydroxylation is 1. The highest BCUT2D eigenvalue weighted by atomic mass is 16.5. The summed E-state index contributed by atoms with van der Waals surface area (Å²) in [6, 6.07) is 13.2. The molecule has 200 valence electrons. The van der Waals surface area contributed by atoms with Crippen LogP contribution < -0.4 is 15.8 Å². The number of amides is 1. The SMILES string of the molecule is CCC(=O)CCCCC[C@H](NC(=O)Cc1c(C)[nH]c2ccc(OC)cc12)c1ncc(-c2cccc(N)c2)[nH]1. The number of H-pyrrole nitrogens is 2. The van der Waals surface area contributed by atoms with Crippen molar-refractivity contribution in [3.63, 3.8) is 0 Å². The Morgan fingerprint density at radius 3 is 2.71 bits per heavy atom. The number of fused-ring (bicyclic) bond motifs is 1. The molecule has 8 nitrogen and oxygen atoms in total. The summed E-state index contributed by atoms with van der Waals surface area (Å²) in [5, 5.41) is 4.19. The van der Waals surface area contributed by atoms with Gasteiger partial charge >= 0.3 is 0 Å². The molecule has 4 aromatic rings. The summed E-state index contributed by atoms with van der Waals surface area (Å²) in [5.41, 5.74) is 11.3. The van der Waals surface area contributed by atoms with Crippen LogP contribution in [-0.2, 0) is 16.0 Å². The number of rotatable bonds is 13. The number of imidazole rings is 1. The number of benzene rings is 2. The lowest BCUT2D eigenvalue weighted by Gasteiger charge is -2.17. The Labute approximate surface area is 223 Å². The van der Waals surface area contributed by atoms with Crippen molar-refractivity contribution < 1.29 is 14.3 Å². The van der Waals surface area contributed by atoms with E-state index in [1.165, 1.54) is 0 Å². The molecular weight excluding hydrogens is 478 g/mol. The molecule has 0 spiro atoms. The lowest BCUT2D eigenvalue weighted by Crippen LogP contribution is -2.30. The molecule has 0 aliphatic rings. The van der Waals surface area contributed by atoms with Crippen LogP contribution in [0.3, 0.4) is 0 Å². The Bertz CT molecular complexity index is 1400. The van der Waals surface area contributed by atoms with Crippen molar-refractivity contribution in [2.75, 3.05) is 12.8 Å². The molecule has 2 aromatic heterocycles. The maximum Gasteiger partial charge on any atom is 0.225 e. The van der Waals surface area contributed by atoms with Crippen molar-refractivity contribution >= 4 is 28.3 Å². The van der Waals surface area contributed by atoms with Gasteiger partial charge in [0.15, 0.2) is 0 Å². The van der Waals surface area contributed by atoms with Gasteiger partial charge in [0.1, 0.15) is 17.4 Å². The summed E-state index contributed by atoms with van der Waals surface area (Å²) in [6.45, 7) is 3.88. The van der Waals surface area contributed by atoms with Crippen molar-refractivity contribution in [3.8, 4) is 17.0 Å². The van der Waals surface area contributed by atoms with Crippen molar-refractivity contribution in [1.82, 2.24) is 20.3 Å². The van der Waals surface area contributed by atoms with Gasteiger partial charge in [-0.1, -0.05) is 31.9 Å². The predicted octanol–water partition coefficient (Wildman–Crippen LogP) is 5.79. The summed E-state index contributed by atoms with van der Waals surface area (Å²) in [7, 11) is 1.64. The number of aromatic amines is 2. The first kappa shape index (κ1) is 27.0. The molecule has 1 amide bonds. The quantitative estimate of drug-likeness (QED) is 0.132. The van der Waals surface area contributed by atoms with Gasteiger partial charge in [0.05, 0.1) is 31.5 Å². The molecule has 0 fully saturated rings. The van der Waals surface area contributed by atoms with E-state index in [1.54, 1.807) is 13.3 Å². The molecule has 0 unspecified atom stereocenters. The van der Waals surface area contributed by atoms with E-state index in [9.17, 15) is 9.59 Å². The zero-order valence-corrected chi connectivity index (χ0v) is 22.4. The normalized spacial score (nSPS) is 12.0. The van der Waals surface area contributed by atoms with Gasteiger partial charge in [-0.2, -0.15) is 0 Å². The number of hydrogen-bond donors (Lipinski definition) is 4. The third-order valence-corrected chi connectivity index (χ3v) is 6.97. The molecular formula is C30H37N5O3. The fourth-order valence-electron chi connectivity index (χ4n) is 4.79. The first-order chi connectivity index (χ1) is 18.4. The molecule has 0 saturated carbocycles. The van der Waals surface area contributed by atoms with E-state index < -0.39 is 0 Å². The second kappa shape index (κ2) is 12.4. The molecule has 8 heteroatoms. The zero-order chi connectivity index (χ0) is 27.1. The van der Waals surface area contributed by atoms with E-state index in [4.69, 9.17) is 10.5 Å². The van der Waals surface area contributed by atoms with Crippen LogP contribution >= 0.6 is 0 Å². The van der Waals surface area contributed by atoms with Gasteiger partial charge in [-0.05, 0) is 55.7 Å². The first-order valence-corrected chi connectivity index (χ1v) is 13.2. The third-order valence-electron chi connectivity index (χ3n) is 6.97. The van der Waals surface area contributed by atoms with Crippen LogP contribution in [0, 0.1) is 6.92 Å². The number of nitrogens with zero attached hydrogens (tertiary/aromatic N) is 1. The number of methoxy groups -OCH3 is 1. The Kier molecular flexibility index (Phi) is 8.84. The van der Waals surface area contributed by atoms with Crippen LogP contribution in [0.15, 0.2) is 48.7 Å². The maximum absolute atomic E-state index is 13.3. The van der Waals surface area contributed by atoms with Crippen LogP contribution in [0.2, 0.25) is 0 Å². The van der Waals surface area contributed by atoms with E-state index in [0.717, 1.165) is 64.9 Å². The van der Waals surface area contributed by atoms with Crippen LogP contribution in [0.5, 0.6) is 5.75 Å². The summed E-state index contributed by atoms with van der Waals surface area (Å²) in [4.78, 5) is 36.3. The molecule has 0 aliphatic heterocycles. The number of carbonyl (C=O) groups is 2. The molecule has 1 atom stereocenters. The molecule has 2 heterocycles. The Morgan fingerprint density at radius 1 is 1.11 bits per heavy atom. The minimum Gasteiger partial charge on any atom is -0.497 e. The molecule has 2 aromatic carbocycles. The molecule has 38 heavy (non-hydrogen) atoms. The first-order valence-electron chi connectivity index (χ1n) is 13.2. The van der Waals surface area contributed by atoms with Gasteiger partial charge in [0, 0.05) is 40.7 Å². The largest absolute Gasteiger partial charge is 0.497 e. The maximum atomic E-state index is 13.3. The summed E-state index contributed by atoms with van der Waals surface area (Å²) >= 11 is 0. The summed E-state index contributed by atoms with van der Waals surface area (Å²) in [6.07, 6.45) is 6.57. The number of carbonyl (C=O) groups excluding carboxylic acids is 2. The standard InChI is InChI=1S/C30H37N5O3/c1-4-22(36)11-6-5-7-12-27(30-32-18-28(35-30)20-9-8-10-21(31)15-20)34-29(37)17-24-19(2)33-26-14-13-23(38-3)16-25(24)26/h8-10,13-16,18,27,33H,4-7,11-12,17,31H2,1-3H3,(H,32,35)(H,34,37)/t27-/m0/s1. The van der Waals surface area contributed by atoms with Crippen LogP contribution in [0.4, 0.5) is 5.69 Å². The number of aromatic nitrogens is 3. The smallest absolute Gasteiger partial charge is 0.225 e. The van der Waals surface area contributed by atoms with E-state index in [0.29, 0.717) is 30.1 Å². The Balaban J connectivity index is 1.50. The number of ketones is 1. The van der Waals surface area contributed by atoms with Crippen LogP contribution in [0.1, 0.15) is 68.6 Å². The summed E-state index contributed by atoms with van der Waals surface area (Å²) in [5.74, 6) is 1.67. The average Bonchev–Trinajstić information content (AvgIpc) is 3.52. The Hall–Kier alpha value is -4.07. The third kappa shape index (κ3) is 6.62. The van der Waals surface area contributed by atoms with Gasteiger partial charge in [-0.25, -0.2) is 4.98 Å². The van der Waals surface area contributed by atoms with Gasteiger partial charge in [0.25, 0.3) is 0 Å². The fourth-order valence-corrected chi connectivity index (χ4v) is 4.79. The minimum absolute atomic E-state index is 0.0788. The highest BCUT2D eigenvalue weighted by Gasteiger charge is 2.20. The van der Waals surface area contributed by atoms with E-state index in [1.807, 2.05) is 56.3 Å². The molecule has 0 radical (unpaired) electrons. The zero-order valence-electron chi connectivity index (χ0n) is 22.4. The van der Waals surface area contributed by atoms with Crippen molar-refractivity contribution in [2.24, 2.45) is 0 Å². The van der Waals surface area contributed by atoms with E-state index >= 15 is 0 Å². The minimum atomic E-state index is -0.278. The number of anilines is 1. The monoisotopic (exact) mass is 515 g/mol. The van der Waals surface area contributed by atoms with E-state index in [-0.39, 0.29) is 18.4 Å². The number of hydrogen-bond acceptors (Lipinski definition) is 5. The molecule has 0 bridgehead atoms. The molecule has 0 aliphatic carbocycles. The lowest BCUT2D eigenvalue weighted by atomic mass is 10.0. The topological polar surface area (TPSA) is 126 Å². The van der Waals surface area contributed by atoms with Crippen molar-refractivity contribution in [1.29, 1.82) is 0 Å². The summed E-state index contributed by atoms with van der Waals surface area (Å²) < 4.78 is 5.39. The Morgan fingerprint density at radius 2 is 1.95 bits per heavy atom. The number of nitrogens with one attached hydrogen (secondary N) is 3. The van der Waals surface area contributed by atoms with Gasteiger partial charge in [0.2, 0.25) is 5.91 Å². The van der Waals surface area contributed by atoms with Crippen LogP contribution in [-0.4, -0.2) is 33.8 Å². The number of nitrogen functional groups attached to an aromatic ring is 1. The average molecular weight is 516 g/mol. The molecule has 0 saturated heterocycles. The second-order valence-electron chi connectivity index (χ2n) is 9.74. The lowest BCUT2D eigenvalue weighted by molar-refractivity contribution is -0.121. The van der Waals surface area contributed by atoms with Crippen molar-refractivity contribution in [2.45, 2.75) is 64.8 Å². The highest BCUT2D eigenvalue weighted by molar-refractivity contribution is 5.91. The number of ether oxygens (including phenoxy) is 1. The van der Waals surface area contributed by atoms with Crippen LogP contribution in [0.25, 0.3) is 22.2 Å². The van der Waals surface area contributed by atoms with Gasteiger partial charge < -0.3 is 25.8 Å². The van der Waals surface area contributed by atoms with Crippen molar-refractivity contribution in [3.05, 3.63) is 65.7 Å². The van der Waals surface area contributed by atoms with Gasteiger partial charge in [-0.15, -0.1) is 0 Å². The number of Topliss-reactive ketones (excluding diaryl/α,β-unsaturated/α-hetero) is 1. The molecule has 5 N–H and O–H groups in total. The predicted molar refractivity (Wildman–Crippen MR) is 151 cm³/mol. The number of unbranched alkanes of at least 4 members (excludes halogenated alkanes) is 2. The second-order valence-corrected chi connectivity index (χ2v) is 9.74.